The topological polar surface area (TPSA) is 71.8 Å². The Labute approximate surface area is 142 Å². The summed E-state index contributed by atoms with van der Waals surface area (Å²) in [5.74, 6) is -0.216. The average molecular weight is 350 g/mol. The summed E-state index contributed by atoms with van der Waals surface area (Å²) in [5.41, 5.74) is 0.448. The van der Waals surface area contributed by atoms with Gasteiger partial charge in [-0.05, 0) is 36.4 Å². The Morgan fingerprint density at radius 1 is 1.32 bits per heavy atom. The van der Waals surface area contributed by atoms with E-state index in [1.54, 1.807) is 17.0 Å². The van der Waals surface area contributed by atoms with Gasteiger partial charge in [0.05, 0.1) is 18.7 Å². The van der Waals surface area contributed by atoms with E-state index in [0.717, 1.165) is 0 Å². The predicted molar refractivity (Wildman–Crippen MR) is 83.9 cm³/mol. The van der Waals surface area contributed by atoms with Gasteiger partial charge in [0, 0.05) is 18.7 Å². The number of halogens is 2. The van der Waals surface area contributed by atoms with Crippen molar-refractivity contribution in [3.8, 4) is 5.75 Å². The lowest BCUT2D eigenvalue weighted by Crippen LogP contribution is -2.27. The number of furan rings is 1. The number of ether oxygens (including phenoxy) is 1. The number of amides is 2. The molecule has 2 aromatic rings. The number of alkyl halides is 2. The standard InChI is InChI=1S/C17H16F2N2O4/c18-17(19)25-13-5-3-12(4-6-13)20-16(23)11-8-15(22)21(9-11)10-14-2-1-7-24-14/h1-7,11,17H,8-10H2,(H,20,23). The number of benzene rings is 1. The smallest absolute Gasteiger partial charge is 0.387 e. The van der Waals surface area contributed by atoms with Gasteiger partial charge in [0.2, 0.25) is 11.8 Å². The van der Waals surface area contributed by atoms with Gasteiger partial charge in [0.15, 0.2) is 0 Å². The number of rotatable bonds is 6. The first-order valence-electron chi connectivity index (χ1n) is 7.67. The van der Waals surface area contributed by atoms with Crippen molar-refractivity contribution in [3.05, 3.63) is 48.4 Å². The molecule has 3 rings (SSSR count). The Hall–Kier alpha value is -2.90. The molecule has 8 heteroatoms. The molecule has 0 spiro atoms. The number of likely N-dealkylation sites (tertiary alicyclic amines) is 1. The minimum atomic E-state index is -2.90. The van der Waals surface area contributed by atoms with E-state index < -0.39 is 12.5 Å². The van der Waals surface area contributed by atoms with Crippen LogP contribution in [-0.4, -0.2) is 29.9 Å². The molecule has 25 heavy (non-hydrogen) atoms. The maximum Gasteiger partial charge on any atom is 0.387 e. The van der Waals surface area contributed by atoms with Crippen LogP contribution < -0.4 is 10.1 Å². The van der Waals surface area contributed by atoms with Crippen LogP contribution in [0.1, 0.15) is 12.2 Å². The van der Waals surface area contributed by atoms with Crippen LogP contribution in [0.4, 0.5) is 14.5 Å². The fourth-order valence-electron chi connectivity index (χ4n) is 2.66. The molecule has 1 aliphatic rings. The molecular weight excluding hydrogens is 334 g/mol. The number of hydrogen-bond acceptors (Lipinski definition) is 4. The summed E-state index contributed by atoms with van der Waals surface area (Å²) >= 11 is 0. The van der Waals surface area contributed by atoms with Crippen LogP contribution in [-0.2, 0) is 16.1 Å². The lowest BCUT2D eigenvalue weighted by molar-refractivity contribution is -0.128. The zero-order valence-corrected chi connectivity index (χ0v) is 13.2. The molecule has 1 atom stereocenters. The van der Waals surface area contributed by atoms with Crippen molar-refractivity contribution in [2.24, 2.45) is 5.92 Å². The first-order chi connectivity index (χ1) is 12.0. The lowest BCUT2D eigenvalue weighted by atomic mass is 10.1. The second-order valence-electron chi connectivity index (χ2n) is 5.65. The van der Waals surface area contributed by atoms with Crippen molar-refractivity contribution in [1.29, 1.82) is 0 Å². The molecule has 1 unspecified atom stereocenters. The molecule has 0 aliphatic carbocycles. The molecule has 1 fully saturated rings. The molecule has 1 aliphatic heterocycles. The minimum Gasteiger partial charge on any atom is -0.467 e. The van der Waals surface area contributed by atoms with Gasteiger partial charge < -0.3 is 19.4 Å². The highest BCUT2D eigenvalue weighted by Gasteiger charge is 2.34. The van der Waals surface area contributed by atoms with E-state index in [1.165, 1.54) is 30.5 Å². The highest BCUT2D eigenvalue weighted by Crippen LogP contribution is 2.23. The maximum atomic E-state index is 12.3. The van der Waals surface area contributed by atoms with Gasteiger partial charge in [0.1, 0.15) is 11.5 Å². The number of carbonyl (C=O) groups excluding carboxylic acids is 2. The fourth-order valence-corrected chi connectivity index (χ4v) is 2.66. The van der Waals surface area contributed by atoms with Crippen LogP contribution in [0.25, 0.3) is 0 Å². The molecule has 6 nitrogen and oxygen atoms in total. The molecule has 1 saturated heterocycles. The van der Waals surface area contributed by atoms with Crippen molar-refractivity contribution in [3.63, 3.8) is 0 Å². The second kappa shape index (κ2) is 7.33. The van der Waals surface area contributed by atoms with E-state index in [-0.39, 0.29) is 24.0 Å². The average Bonchev–Trinajstić information content (AvgIpc) is 3.20. The fraction of sp³-hybridized carbons (Fsp3) is 0.294. The highest BCUT2D eigenvalue weighted by atomic mass is 19.3. The molecule has 1 aromatic heterocycles. The van der Waals surface area contributed by atoms with Gasteiger partial charge in [-0.1, -0.05) is 0 Å². The monoisotopic (exact) mass is 350 g/mol. The Bertz CT molecular complexity index is 732. The molecule has 2 amide bonds. The van der Waals surface area contributed by atoms with Crippen molar-refractivity contribution < 1.29 is 27.5 Å². The Morgan fingerprint density at radius 2 is 2.08 bits per heavy atom. The first-order valence-corrected chi connectivity index (χ1v) is 7.67. The molecule has 0 saturated carbocycles. The summed E-state index contributed by atoms with van der Waals surface area (Å²) in [5, 5.41) is 2.68. The summed E-state index contributed by atoms with van der Waals surface area (Å²) in [6.45, 7) is -2.27. The maximum absolute atomic E-state index is 12.3. The van der Waals surface area contributed by atoms with Gasteiger partial charge in [-0.15, -0.1) is 0 Å². The van der Waals surface area contributed by atoms with E-state index in [1.807, 2.05) is 0 Å². The van der Waals surface area contributed by atoms with Crippen LogP contribution >= 0.6 is 0 Å². The lowest BCUT2D eigenvalue weighted by Gasteiger charge is -2.15. The third-order valence-corrected chi connectivity index (χ3v) is 3.86. The first kappa shape index (κ1) is 16.9. The zero-order chi connectivity index (χ0) is 17.8. The molecule has 1 aromatic carbocycles. The van der Waals surface area contributed by atoms with Crippen molar-refractivity contribution >= 4 is 17.5 Å². The largest absolute Gasteiger partial charge is 0.467 e. The van der Waals surface area contributed by atoms with Crippen molar-refractivity contribution in [2.75, 3.05) is 11.9 Å². The van der Waals surface area contributed by atoms with Gasteiger partial charge in [0.25, 0.3) is 0 Å². The third kappa shape index (κ3) is 4.34. The Morgan fingerprint density at radius 3 is 2.72 bits per heavy atom. The predicted octanol–water partition coefficient (Wildman–Crippen LogP) is 2.87. The number of hydrogen-bond donors (Lipinski definition) is 1. The van der Waals surface area contributed by atoms with Gasteiger partial charge >= 0.3 is 6.61 Å². The number of nitrogens with one attached hydrogen (secondary N) is 1. The molecule has 1 N–H and O–H groups in total. The normalized spacial score (nSPS) is 17.2. The quantitative estimate of drug-likeness (QED) is 0.870. The van der Waals surface area contributed by atoms with Crippen LogP contribution in [0.15, 0.2) is 47.1 Å². The third-order valence-electron chi connectivity index (χ3n) is 3.86. The van der Waals surface area contributed by atoms with E-state index in [2.05, 4.69) is 10.1 Å². The van der Waals surface area contributed by atoms with Gasteiger partial charge in [-0.3, -0.25) is 9.59 Å². The van der Waals surface area contributed by atoms with Crippen LogP contribution in [0.3, 0.4) is 0 Å². The number of anilines is 1. The zero-order valence-electron chi connectivity index (χ0n) is 13.2. The Kier molecular flexibility index (Phi) is 4.97. The van der Waals surface area contributed by atoms with Crippen LogP contribution in [0.5, 0.6) is 5.75 Å². The molecule has 2 heterocycles. The summed E-state index contributed by atoms with van der Waals surface area (Å²) in [6, 6.07) is 9.11. The van der Waals surface area contributed by atoms with Crippen molar-refractivity contribution in [2.45, 2.75) is 19.6 Å². The van der Waals surface area contributed by atoms with E-state index in [0.29, 0.717) is 24.5 Å². The van der Waals surface area contributed by atoms with Crippen molar-refractivity contribution in [1.82, 2.24) is 4.90 Å². The van der Waals surface area contributed by atoms with Crippen LogP contribution in [0.2, 0.25) is 0 Å². The van der Waals surface area contributed by atoms with E-state index >= 15 is 0 Å². The van der Waals surface area contributed by atoms with E-state index in [9.17, 15) is 18.4 Å². The number of nitrogens with zero attached hydrogens (tertiary/aromatic N) is 1. The number of carbonyl (C=O) groups is 2. The van der Waals surface area contributed by atoms with Gasteiger partial charge in [-0.25, -0.2) is 0 Å². The summed E-state index contributed by atoms with van der Waals surface area (Å²) in [4.78, 5) is 25.9. The molecular formula is C17H16F2N2O4. The summed E-state index contributed by atoms with van der Waals surface area (Å²) < 4.78 is 33.7. The van der Waals surface area contributed by atoms with Crippen LogP contribution in [0, 0.1) is 5.92 Å². The minimum absolute atomic E-state index is 0.00802. The SMILES string of the molecule is O=C(Nc1ccc(OC(F)F)cc1)C1CC(=O)N(Cc2ccco2)C1. The second-order valence-corrected chi connectivity index (χ2v) is 5.65. The summed E-state index contributed by atoms with van der Waals surface area (Å²) in [7, 11) is 0. The molecule has 0 bridgehead atoms. The highest BCUT2D eigenvalue weighted by molar-refractivity contribution is 5.97. The summed E-state index contributed by atoms with van der Waals surface area (Å²) in [6.07, 6.45) is 1.65. The molecule has 132 valence electrons. The van der Waals surface area contributed by atoms with E-state index in [4.69, 9.17) is 4.42 Å². The van der Waals surface area contributed by atoms with Gasteiger partial charge in [-0.2, -0.15) is 8.78 Å². The Balaban J connectivity index is 1.55. The molecule has 0 radical (unpaired) electrons.